The highest BCUT2D eigenvalue weighted by molar-refractivity contribution is 6.00. The minimum Gasteiger partial charge on any atom is -0.355 e. The first-order chi connectivity index (χ1) is 17.0. The minimum absolute atomic E-state index is 0.133. The second kappa shape index (κ2) is 10.9. The molecule has 2 aromatic heterocycles. The van der Waals surface area contributed by atoms with Crippen LogP contribution in [0.2, 0.25) is 0 Å². The number of carbonyl (C=O) groups excluding carboxylic acids is 2. The molecule has 1 atom stereocenters. The number of benzene rings is 2. The molecule has 0 radical (unpaired) electrons. The maximum atomic E-state index is 13.7. The van der Waals surface area contributed by atoms with Crippen molar-refractivity contribution in [1.82, 2.24) is 19.9 Å². The smallest absolute Gasteiger partial charge is 0.267 e. The number of hydrogen-bond acceptors (Lipinski definition) is 4. The highest BCUT2D eigenvalue weighted by Crippen LogP contribution is 2.28. The zero-order chi connectivity index (χ0) is 24.8. The first-order valence-corrected chi connectivity index (χ1v) is 11.7. The van der Waals surface area contributed by atoms with E-state index >= 15 is 0 Å². The number of carbonyl (C=O) groups is 2. The summed E-state index contributed by atoms with van der Waals surface area (Å²) in [6.45, 7) is 2.22. The van der Waals surface area contributed by atoms with Gasteiger partial charge in [-0.25, -0.2) is 0 Å². The van der Waals surface area contributed by atoms with Gasteiger partial charge in [0.2, 0.25) is 0 Å². The van der Waals surface area contributed by atoms with Crippen molar-refractivity contribution in [2.75, 3.05) is 13.6 Å². The van der Waals surface area contributed by atoms with Crippen LogP contribution in [0.1, 0.15) is 38.5 Å². The van der Waals surface area contributed by atoms with Crippen LogP contribution in [0.3, 0.4) is 0 Å². The summed E-state index contributed by atoms with van der Waals surface area (Å²) < 4.78 is 7.34. The van der Waals surface area contributed by atoms with Gasteiger partial charge in [0.1, 0.15) is 11.3 Å². The summed E-state index contributed by atoms with van der Waals surface area (Å²) in [5.41, 5.74) is 3.54. The third-order valence-corrected chi connectivity index (χ3v) is 6.23. The van der Waals surface area contributed by atoms with E-state index in [1.54, 1.807) is 29.5 Å². The fourth-order valence-corrected chi connectivity index (χ4v) is 4.21. The largest absolute Gasteiger partial charge is 0.355 e. The molecule has 0 saturated heterocycles. The average molecular weight is 471 g/mol. The van der Waals surface area contributed by atoms with Gasteiger partial charge in [-0.05, 0) is 37.5 Å². The van der Waals surface area contributed by atoms with Crippen molar-refractivity contribution in [2.45, 2.75) is 25.8 Å². The number of likely N-dealkylation sites (N-methyl/N-ethyl adjacent to an activating group) is 1. The maximum Gasteiger partial charge on any atom is 0.267 e. The predicted molar refractivity (Wildman–Crippen MR) is 135 cm³/mol. The first kappa shape index (κ1) is 24.0. The summed E-state index contributed by atoms with van der Waals surface area (Å²) in [5.74, 6) is 0.180. The summed E-state index contributed by atoms with van der Waals surface area (Å²) in [7, 11) is 3.64. The van der Waals surface area contributed by atoms with E-state index in [-0.39, 0.29) is 17.9 Å². The third-order valence-electron chi connectivity index (χ3n) is 6.23. The molecule has 0 aliphatic heterocycles. The second-order valence-electron chi connectivity index (χ2n) is 8.65. The van der Waals surface area contributed by atoms with E-state index in [0.29, 0.717) is 42.1 Å². The molecule has 4 aromatic rings. The lowest BCUT2D eigenvalue weighted by atomic mass is 10.00. The zero-order valence-electron chi connectivity index (χ0n) is 20.3. The molecule has 35 heavy (non-hydrogen) atoms. The van der Waals surface area contributed by atoms with Crippen LogP contribution in [0.15, 0.2) is 83.5 Å². The fourth-order valence-electron chi connectivity index (χ4n) is 4.21. The number of rotatable bonds is 9. The Labute approximate surface area is 205 Å². The second-order valence-corrected chi connectivity index (χ2v) is 8.65. The quantitative estimate of drug-likeness (QED) is 0.391. The lowest BCUT2D eigenvalue weighted by Gasteiger charge is -2.29. The third kappa shape index (κ3) is 5.51. The Balaban J connectivity index is 1.54. The van der Waals surface area contributed by atoms with E-state index in [0.717, 1.165) is 11.1 Å². The molecule has 7 nitrogen and oxygen atoms in total. The van der Waals surface area contributed by atoms with Crippen molar-refractivity contribution in [3.8, 4) is 11.3 Å². The van der Waals surface area contributed by atoms with Crippen molar-refractivity contribution >= 4 is 11.8 Å². The van der Waals surface area contributed by atoms with Crippen molar-refractivity contribution in [3.63, 3.8) is 0 Å². The van der Waals surface area contributed by atoms with E-state index in [2.05, 4.69) is 10.5 Å². The van der Waals surface area contributed by atoms with E-state index in [1.807, 2.05) is 80.0 Å². The van der Waals surface area contributed by atoms with Gasteiger partial charge in [-0.15, -0.1) is 0 Å². The number of aromatic nitrogens is 2. The predicted octanol–water partition coefficient (Wildman–Crippen LogP) is 4.49. The maximum absolute atomic E-state index is 13.7. The van der Waals surface area contributed by atoms with Gasteiger partial charge >= 0.3 is 0 Å². The molecule has 7 heteroatoms. The molecule has 0 bridgehead atoms. The molecule has 180 valence electrons. The molecule has 0 saturated carbocycles. The van der Waals surface area contributed by atoms with Crippen molar-refractivity contribution in [2.24, 2.45) is 7.05 Å². The van der Waals surface area contributed by atoms with E-state index < -0.39 is 0 Å². The zero-order valence-corrected chi connectivity index (χ0v) is 20.3. The number of aryl methyl sites for hydroxylation is 2. The first-order valence-electron chi connectivity index (χ1n) is 11.7. The molecule has 0 aliphatic rings. The van der Waals surface area contributed by atoms with Crippen LogP contribution in [0, 0.1) is 6.92 Å². The molecule has 2 aromatic carbocycles. The van der Waals surface area contributed by atoms with Gasteiger partial charge in [-0.3, -0.25) is 9.59 Å². The Morgan fingerprint density at radius 2 is 1.71 bits per heavy atom. The normalized spacial score (nSPS) is 11.7. The number of amides is 2. The van der Waals surface area contributed by atoms with Crippen LogP contribution in [-0.4, -0.2) is 46.1 Å². The Morgan fingerprint density at radius 3 is 2.37 bits per heavy atom. The van der Waals surface area contributed by atoms with Crippen molar-refractivity contribution in [3.05, 3.63) is 102 Å². The van der Waals surface area contributed by atoms with Gasteiger partial charge in [0, 0.05) is 38.4 Å². The van der Waals surface area contributed by atoms with Gasteiger partial charge < -0.3 is 19.3 Å². The van der Waals surface area contributed by atoms with E-state index in [9.17, 15) is 9.59 Å². The van der Waals surface area contributed by atoms with Crippen LogP contribution in [-0.2, 0) is 13.5 Å². The van der Waals surface area contributed by atoms with Crippen molar-refractivity contribution < 1.29 is 14.1 Å². The molecule has 1 N–H and O–H groups in total. The average Bonchev–Trinajstić information content (AvgIpc) is 3.49. The number of hydrogen-bond donors (Lipinski definition) is 1. The monoisotopic (exact) mass is 470 g/mol. The van der Waals surface area contributed by atoms with Crippen molar-refractivity contribution in [1.29, 1.82) is 0 Å². The van der Waals surface area contributed by atoms with Gasteiger partial charge in [0.25, 0.3) is 11.8 Å². The molecule has 1 unspecified atom stereocenters. The van der Waals surface area contributed by atoms with E-state index in [1.165, 1.54) is 0 Å². The summed E-state index contributed by atoms with van der Waals surface area (Å²) in [6, 6.07) is 23.0. The summed E-state index contributed by atoms with van der Waals surface area (Å²) in [4.78, 5) is 28.0. The van der Waals surface area contributed by atoms with Gasteiger partial charge in [0.15, 0.2) is 5.76 Å². The molecule has 2 heterocycles. The summed E-state index contributed by atoms with van der Waals surface area (Å²) in [5, 5.41) is 7.07. The lowest BCUT2D eigenvalue weighted by molar-refractivity contribution is 0.0722. The van der Waals surface area contributed by atoms with Gasteiger partial charge in [0.05, 0.1) is 5.69 Å². The van der Waals surface area contributed by atoms with Gasteiger partial charge in [-0.1, -0.05) is 65.8 Å². The van der Waals surface area contributed by atoms with Crippen LogP contribution in [0.5, 0.6) is 0 Å². The van der Waals surface area contributed by atoms with E-state index in [4.69, 9.17) is 4.52 Å². The van der Waals surface area contributed by atoms with Gasteiger partial charge in [-0.2, -0.15) is 0 Å². The molecular formula is C28H30N4O3. The molecular weight excluding hydrogens is 440 g/mol. The van der Waals surface area contributed by atoms with Crippen LogP contribution in [0.4, 0.5) is 0 Å². The molecule has 0 spiro atoms. The minimum atomic E-state index is -0.155. The summed E-state index contributed by atoms with van der Waals surface area (Å²) >= 11 is 0. The lowest BCUT2D eigenvalue weighted by Crippen LogP contribution is -2.41. The van der Waals surface area contributed by atoms with Crippen LogP contribution < -0.4 is 5.32 Å². The molecule has 4 rings (SSSR count). The highest BCUT2D eigenvalue weighted by atomic mass is 16.5. The molecule has 0 aliphatic carbocycles. The topological polar surface area (TPSA) is 80.4 Å². The number of nitrogens with one attached hydrogen (secondary N) is 1. The van der Waals surface area contributed by atoms with Crippen LogP contribution >= 0.6 is 0 Å². The van der Waals surface area contributed by atoms with Crippen LogP contribution in [0.25, 0.3) is 11.3 Å². The Morgan fingerprint density at radius 1 is 1.03 bits per heavy atom. The fraction of sp³-hybridized carbons (Fsp3) is 0.250. The Kier molecular flexibility index (Phi) is 7.45. The molecule has 0 fully saturated rings. The standard InChI is InChI=1S/C28H30N4O3/c1-20-25(26(35-30-20)22-13-8-5-9-14-22)28(34)32(3)23(19-21-11-6-4-7-12-21)16-17-29-27(33)24-15-10-18-31(24)2/h4-15,18,23H,16-17,19H2,1-3H3,(H,29,33). The highest BCUT2D eigenvalue weighted by Gasteiger charge is 2.28. The molecule has 2 amide bonds. The SMILES string of the molecule is Cc1noc(-c2ccccc2)c1C(=O)N(C)C(CCNC(=O)c1cccn1C)Cc1ccccc1. The Hall–Kier alpha value is -4.13. The Bertz CT molecular complexity index is 1280. The summed E-state index contributed by atoms with van der Waals surface area (Å²) in [6.07, 6.45) is 3.09. The number of nitrogens with zero attached hydrogens (tertiary/aromatic N) is 3.